The first-order chi connectivity index (χ1) is 18.3. The zero-order valence-corrected chi connectivity index (χ0v) is 28.0. The molecule has 218 valence electrons. The van der Waals surface area contributed by atoms with Gasteiger partial charge in [-0.1, -0.05) is 102 Å². The Morgan fingerprint density at radius 1 is 1.05 bits per heavy atom. The van der Waals surface area contributed by atoms with Gasteiger partial charge in [0, 0.05) is 6.42 Å². The molecule has 1 heterocycles. The summed E-state index contributed by atoms with van der Waals surface area (Å²) in [6, 6.07) is 12.0. The maximum absolute atomic E-state index is 12.3. The van der Waals surface area contributed by atoms with Crippen LogP contribution in [-0.4, -0.2) is 57.2 Å². The standard InChI is InChI=1S/C28H45BrN2O6Si2/c1-18(2)38(19(3)4)35-26-25(33)24(29)23(16-30)28(14-15-32,31-34-17-22-12-10-9-11-13-22)27(26)36-39(37-38,20(5)6)21(7)8/h9-13,15,18-21,23-27,31,33H,14,17H2,1-8H3/t23?,24-,25-,26-,27+,28-/m1/s1. The molecule has 0 spiro atoms. The molecular formula is C28H45BrN2O6Si2. The van der Waals surface area contributed by atoms with Gasteiger partial charge in [-0.25, -0.2) is 0 Å². The normalized spacial score (nSPS) is 32.2. The van der Waals surface area contributed by atoms with Crippen LogP contribution in [0.15, 0.2) is 30.3 Å². The Labute approximate surface area is 244 Å². The molecule has 3 rings (SSSR count). The van der Waals surface area contributed by atoms with Gasteiger partial charge in [-0.3, -0.25) is 4.84 Å². The highest BCUT2D eigenvalue weighted by molar-refractivity contribution is 9.09. The minimum atomic E-state index is -3.08. The summed E-state index contributed by atoms with van der Waals surface area (Å²) in [5, 5.41) is 22.1. The first-order valence-corrected chi connectivity index (χ1v) is 18.8. The highest BCUT2D eigenvalue weighted by Crippen LogP contribution is 2.53. The van der Waals surface area contributed by atoms with E-state index in [0.717, 1.165) is 11.8 Å². The zero-order valence-electron chi connectivity index (χ0n) is 24.4. The monoisotopic (exact) mass is 640 g/mol. The number of hydrogen-bond donors (Lipinski definition) is 2. The second-order valence-corrected chi connectivity index (χ2v) is 22.0. The number of alkyl halides is 1. The van der Waals surface area contributed by atoms with Crippen molar-refractivity contribution in [3.8, 4) is 6.07 Å². The van der Waals surface area contributed by atoms with E-state index in [2.05, 4.69) is 82.9 Å². The van der Waals surface area contributed by atoms with E-state index in [-0.39, 0.29) is 35.2 Å². The number of aliphatic hydroxyl groups excluding tert-OH is 1. The van der Waals surface area contributed by atoms with E-state index in [0.29, 0.717) is 0 Å². The highest BCUT2D eigenvalue weighted by Gasteiger charge is 2.69. The summed E-state index contributed by atoms with van der Waals surface area (Å²) in [5.74, 6) is -0.864. The summed E-state index contributed by atoms with van der Waals surface area (Å²) >= 11 is 3.61. The Morgan fingerprint density at radius 3 is 2.08 bits per heavy atom. The van der Waals surface area contributed by atoms with Crippen LogP contribution in [0.5, 0.6) is 0 Å². The molecule has 2 N–H and O–H groups in total. The van der Waals surface area contributed by atoms with Crippen LogP contribution < -0.4 is 5.48 Å². The summed E-state index contributed by atoms with van der Waals surface area (Å²) in [5.41, 5.74) is 3.01. The van der Waals surface area contributed by atoms with Crippen molar-refractivity contribution >= 4 is 39.3 Å². The van der Waals surface area contributed by atoms with Crippen LogP contribution in [-0.2, 0) is 29.2 Å². The van der Waals surface area contributed by atoms with Crippen LogP contribution in [0.25, 0.3) is 0 Å². The predicted octanol–water partition coefficient (Wildman–Crippen LogP) is 5.64. The summed E-state index contributed by atoms with van der Waals surface area (Å²) in [6.45, 7) is 17.1. The van der Waals surface area contributed by atoms with E-state index in [1.165, 1.54) is 0 Å². The zero-order chi connectivity index (χ0) is 29.2. The van der Waals surface area contributed by atoms with Gasteiger partial charge in [-0.15, -0.1) is 0 Å². The summed E-state index contributed by atoms with van der Waals surface area (Å²) < 4.78 is 21.5. The molecule has 2 aliphatic rings. The molecule has 1 aromatic carbocycles. The minimum Gasteiger partial charge on any atom is -0.414 e. The quantitative estimate of drug-likeness (QED) is 0.146. The maximum atomic E-state index is 12.3. The molecule has 0 amide bonds. The predicted molar refractivity (Wildman–Crippen MR) is 158 cm³/mol. The van der Waals surface area contributed by atoms with Gasteiger partial charge >= 0.3 is 17.1 Å². The lowest BCUT2D eigenvalue weighted by molar-refractivity contribution is -0.168. The number of fused-ring (bicyclic) bond motifs is 1. The van der Waals surface area contributed by atoms with E-state index in [9.17, 15) is 15.2 Å². The van der Waals surface area contributed by atoms with E-state index in [1.54, 1.807) is 0 Å². The average Bonchev–Trinajstić information content (AvgIpc) is 3.06. The highest BCUT2D eigenvalue weighted by atomic mass is 79.9. The number of aliphatic hydroxyl groups is 1. The molecule has 0 bridgehead atoms. The molecule has 6 atom stereocenters. The topological polar surface area (TPSA) is 110 Å². The Hall–Kier alpha value is -0.946. The molecule has 8 nitrogen and oxygen atoms in total. The number of hydroxylamine groups is 1. The third kappa shape index (κ3) is 5.87. The van der Waals surface area contributed by atoms with Crippen molar-refractivity contribution in [3.05, 3.63) is 35.9 Å². The maximum Gasteiger partial charge on any atom is 0.335 e. The molecule has 11 heteroatoms. The first kappa shape index (κ1) is 32.6. The van der Waals surface area contributed by atoms with Crippen molar-refractivity contribution in [2.45, 2.75) is 119 Å². The van der Waals surface area contributed by atoms with Crippen LogP contribution in [0.4, 0.5) is 0 Å². The van der Waals surface area contributed by atoms with Gasteiger partial charge in [0.25, 0.3) is 0 Å². The Morgan fingerprint density at radius 2 is 1.59 bits per heavy atom. The molecule has 1 aromatic rings. The van der Waals surface area contributed by atoms with E-state index < -0.39 is 51.7 Å². The van der Waals surface area contributed by atoms with E-state index in [4.69, 9.17) is 17.8 Å². The largest absolute Gasteiger partial charge is 0.414 e. The van der Waals surface area contributed by atoms with Gasteiger partial charge in [-0.2, -0.15) is 10.7 Å². The molecular weight excluding hydrogens is 596 g/mol. The Bertz CT molecular complexity index is 992. The second kappa shape index (κ2) is 12.9. The lowest BCUT2D eigenvalue weighted by Gasteiger charge is -2.54. The van der Waals surface area contributed by atoms with Crippen LogP contribution >= 0.6 is 15.9 Å². The summed E-state index contributed by atoms with van der Waals surface area (Å²) in [4.78, 5) is 17.7. The fraction of sp³-hybridized carbons (Fsp3) is 0.714. The van der Waals surface area contributed by atoms with Crippen LogP contribution in [0, 0.1) is 17.2 Å². The number of nitrogens with one attached hydrogen (secondary N) is 1. The van der Waals surface area contributed by atoms with E-state index >= 15 is 0 Å². The van der Waals surface area contributed by atoms with Crippen molar-refractivity contribution in [2.24, 2.45) is 5.92 Å². The van der Waals surface area contributed by atoms with Crippen molar-refractivity contribution in [2.75, 3.05) is 0 Å². The molecule has 39 heavy (non-hydrogen) atoms. The molecule has 0 radical (unpaired) electrons. The van der Waals surface area contributed by atoms with Gasteiger partial charge in [0.2, 0.25) is 0 Å². The third-order valence-corrected chi connectivity index (χ3v) is 19.7. The molecule has 1 saturated carbocycles. The smallest absolute Gasteiger partial charge is 0.335 e. The van der Waals surface area contributed by atoms with Crippen LogP contribution in [0.3, 0.4) is 0 Å². The Balaban J connectivity index is 2.23. The fourth-order valence-electron chi connectivity index (χ4n) is 6.23. The van der Waals surface area contributed by atoms with Gasteiger partial charge < -0.3 is 22.9 Å². The number of nitrogens with zero attached hydrogens (tertiary/aromatic N) is 1. The minimum absolute atomic E-state index is 0.0442. The molecule has 1 aliphatic carbocycles. The SMILES string of the molecule is CC(C)[Si]1(C(C)C)O[C@@H]2[C@H](O)[C@H](Br)C(C#N)[C@@](CC=O)(NOCc3ccccc3)[C@H]2O[Si](C(C)C)(C(C)C)O1. The second-order valence-electron chi connectivity index (χ2n) is 12.1. The first-order valence-electron chi connectivity index (χ1n) is 14.0. The lowest BCUT2D eigenvalue weighted by Crippen LogP contribution is -2.74. The number of benzene rings is 1. The summed E-state index contributed by atoms with van der Waals surface area (Å²) in [6.07, 6.45) is -2.05. The van der Waals surface area contributed by atoms with Gasteiger partial charge in [0.15, 0.2) is 0 Å². The molecule has 0 aromatic heterocycles. The average molecular weight is 642 g/mol. The number of halogens is 1. The molecule has 2 fully saturated rings. The van der Waals surface area contributed by atoms with Crippen molar-refractivity contribution in [1.82, 2.24) is 5.48 Å². The van der Waals surface area contributed by atoms with Crippen LogP contribution in [0.2, 0.25) is 22.2 Å². The number of aldehydes is 1. The number of rotatable bonds is 10. The number of carbonyl (C=O) groups is 1. The van der Waals surface area contributed by atoms with Crippen molar-refractivity contribution < 1.29 is 27.7 Å². The lowest BCUT2D eigenvalue weighted by atomic mass is 9.68. The fourth-order valence-corrected chi connectivity index (χ4v) is 18.5. The molecule has 1 unspecified atom stereocenters. The number of hydrogen-bond acceptors (Lipinski definition) is 8. The number of carbonyl (C=O) groups excluding carboxylic acids is 1. The van der Waals surface area contributed by atoms with Crippen molar-refractivity contribution in [3.63, 3.8) is 0 Å². The van der Waals surface area contributed by atoms with Crippen molar-refractivity contribution in [1.29, 1.82) is 5.26 Å². The van der Waals surface area contributed by atoms with Gasteiger partial charge in [0.05, 0.1) is 41.2 Å². The van der Waals surface area contributed by atoms with Gasteiger partial charge in [0.1, 0.15) is 12.4 Å². The van der Waals surface area contributed by atoms with Gasteiger partial charge in [-0.05, 0) is 27.7 Å². The number of nitriles is 1. The van der Waals surface area contributed by atoms with E-state index in [1.807, 2.05) is 30.3 Å². The van der Waals surface area contributed by atoms with Crippen LogP contribution in [0.1, 0.15) is 67.4 Å². The Kier molecular flexibility index (Phi) is 10.8. The summed E-state index contributed by atoms with van der Waals surface area (Å²) in [7, 11) is -6.10. The molecule has 1 aliphatic heterocycles. The third-order valence-electron chi connectivity index (χ3n) is 8.42. The molecule has 1 saturated heterocycles.